The van der Waals surface area contributed by atoms with Gasteiger partial charge < -0.3 is 4.74 Å². The molecule has 0 saturated heterocycles. The van der Waals surface area contributed by atoms with Crippen LogP contribution in [0.15, 0.2) is 5.10 Å². The van der Waals surface area contributed by atoms with Gasteiger partial charge in [0.2, 0.25) is 0 Å². The van der Waals surface area contributed by atoms with Crippen LogP contribution in [0.1, 0.15) is 32.6 Å². The third kappa shape index (κ3) is 2.90. The van der Waals surface area contributed by atoms with E-state index < -0.39 is 6.09 Å². The van der Waals surface area contributed by atoms with E-state index in [0.717, 1.165) is 18.6 Å². The highest BCUT2D eigenvalue weighted by atomic mass is 16.5. The molecule has 0 aromatic carbocycles. The van der Waals surface area contributed by atoms with Gasteiger partial charge in [0.15, 0.2) is 0 Å². The maximum absolute atomic E-state index is 10.8. The number of carbonyl (C=O) groups is 1. The Hall–Kier alpha value is -1.06. The molecule has 1 saturated carbocycles. The Morgan fingerprint density at radius 2 is 2.25 bits per heavy atom. The smallest absolute Gasteiger partial charge is 0.427 e. The van der Waals surface area contributed by atoms with Crippen molar-refractivity contribution < 1.29 is 9.53 Å². The van der Waals surface area contributed by atoms with E-state index in [4.69, 9.17) is 0 Å². The molecule has 0 aromatic heterocycles. The number of nitrogens with one attached hydrogen (secondary N) is 1. The van der Waals surface area contributed by atoms with Crippen molar-refractivity contribution in [2.24, 2.45) is 5.10 Å². The molecule has 12 heavy (non-hydrogen) atoms. The number of rotatable bonds is 2. The Kier molecular flexibility index (Phi) is 3.57. The van der Waals surface area contributed by atoms with Crippen LogP contribution in [0.4, 0.5) is 4.79 Å². The van der Waals surface area contributed by atoms with Gasteiger partial charge in [-0.1, -0.05) is 0 Å². The lowest BCUT2D eigenvalue weighted by Crippen LogP contribution is -2.19. The Labute approximate surface area is 72.0 Å². The number of nitrogens with zero attached hydrogens (tertiary/aromatic N) is 1. The standard InChI is InChI=1S/C8H14N2O2/c1-2-12-8(11)10-9-7-5-3-4-6-7/h2-6H2,1H3,(H,10,11). The molecule has 0 aromatic rings. The molecule has 1 aliphatic carbocycles. The zero-order valence-electron chi connectivity index (χ0n) is 7.30. The van der Waals surface area contributed by atoms with Crippen LogP contribution in [0.3, 0.4) is 0 Å². The minimum absolute atomic E-state index is 0.386. The molecule has 1 aliphatic rings. The Morgan fingerprint density at radius 1 is 1.58 bits per heavy atom. The molecular formula is C8H14N2O2. The lowest BCUT2D eigenvalue weighted by molar-refractivity contribution is 0.152. The van der Waals surface area contributed by atoms with Crippen molar-refractivity contribution in [3.05, 3.63) is 0 Å². The molecule has 68 valence electrons. The van der Waals surface area contributed by atoms with Crippen molar-refractivity contribution in [2.75, 3.05) is 6.61 Å². The molecule has 1 amide bonds. The SMILES string of the molecule is CCOC(=O)NN=C1CCCC1. The summed E-state index contributed by atoms with van der Waals surface area (Å²) in [6.45, 7) is 2.15. The summed E-state index contributed by atoms with van der Waals surface area (Å²) in [7, 11) is 0. The van der Waals surface area contributed by atoms with Crippen LogP contribution in [0, 0.1) is 0 Å². The monoisotopic (exact) mass is 170 g/mol. The molecule has 1 rings (SSSR count). The van der Waals surface area contributed by atoms with E-state index in [9.17, 15) is 4.79 Å². The van der Waals surface area contributed by atoms with Crippen molar-refractivity contribution in [1.29, 1.82) is 0 Å². The summed E-state index contributed by atoms with van der Waals surface area (Å²) in [5.74, 6) is 0. The normalized spacial score (nSPS) is 15.9. The highest BCUT2D eigenvalue weighted by Crippen LogP contribution is 2.13. The number of ether oxygens (including phenoxy) is 1. The second kappa shape index (κ2) is 4.74. The zero-order valence-corrected chi connectivity index (χ0v) is 7.30. The third-order valence-corrected chi connectivity index (χ3v) is 1.76. The van der Waals surface area contributed by atoms with Gasteiger partial charge in [-0.25, -0.2) is 10.2 Å². The van der Waals surface area contributed by atoms with Crippen LogP contribution in [0.2, 0.25) is 0 Å². The summed E-state index contributed by atoms with van der Waals surface area (Å²) in [6.07, 6.45) is 3.92. The van der Waals surface area contributed by atoms with Crippen LogP contribution in [0.5, 0.6) is 0 Å². The topological polar surface area (TPSA) is 50.7 Å². The maximum atomic E-state index is 10.8. The zero-order chi connectivity index (χ0) is 8.81. The van der Waals surface area contributed by atoms with Gasteiger partial charge in [-0.05, 0) is 32.6 Å². The van der Waals surface area contributed by atoms with E-state index in [2.05, 4.69) is 15.3 Å². The summed E-state index contributed by atoms with van der Waals surface area (Å²) in [4.78, 5) is 10.8. The van der Waals surface area contributed by atoms with Crippen LogP contribution in [-0.2, 0) is 4.74 Å². The lowest BCUT2D eigenvalue weighted by Gasteiger charge is -2.00. The first-order valence-corrected chi connectivity index (χ1v) is 4.31. The molecule has 4 heteroatoms. The highest BCUT2D eigenvalue weighted by Gasteiger charge is 2.08. The average molecular weight is 170 g/mol. The molecule has 1 fully saturated rings. The predicted molar refractivity (Wildman–Crippen MR) is 46.1 cm³/mol. The van der Waals surface area contributed by atoms with Crippen LogP contribution in [0.25, 0.3) is 0 Å². The highest BCUT2D eigenvalue weighted by molar-refractivity contribution is 5.86. The fourth-order valence-electron chi connectivity index (χ4n) is 1.18. The predicted octanol–water partition coefficient (Wildman–Crippen LogP) is 1.66. The summed E-state index contributed by atoms with van der Waals surface area (Å²) < 4.78 is 4.64. The van der Waals surface area contributed by atoms with Crippen LogP contribution in [-0.4, -0.2) is 18.4 Å². The second-order valence-corrected chi connectivity index (χ2v) is 2.72. The molecule has 0 unspecified atom stereocenters. The number of amides is 1. The second-order valence-electron chi connectivity index (χ2n) is 2.72. The lowest BCUT2D eigenvalue weighted by atomic mass is 10.3. The third-order valence-electron chi connectivity index (χ3n) is 1.76. The number of hydrogen-bond acceptors (Lipinski definition) is 3. The van der Waals surface area contributed by atoms with Gasteiger partial charge >= 0.3 is 6.09 Å². The van der Waals surface area contributed by atoms with Crippen molar-refractivity contribution in [3.8, 4) is 0 Å². The average Bonchev–Trinajstić information content (AvgIpc) is 2.53. The van der Waals surface area contributed by atoms with Gasteiger partial charge in [-0.15, -0.1) is 0 Å². The van der Waals surface area contributed by atoms with E-state index >= 15 is 0 Å². The van der Waals surface area contributed by atoms with E-state index in [1.165, 1.54) is 12.8 Å². The van der Waals surface area contributed by atoms with E-state index in [0.29, 0.717) is 6.61 Å². The fourth-order valence-corrected chi connectivity index (χ4v) is 1.18. The number of hydrogen-bond donors (Lipinski definition) is 1. The molecule has 0 heterocycles. The molecule has 4 nitrogen and oxygen atoms in total. The van der Waals surface area contributed by atoms with Crippen molar-refractivity contribution in [3.63, 3.8) is 0 Å². The van der Waals surface area contributed by atoms with Gasteiger partial charge in [-0.3, -0.25) is 0 Å². The van der Waals surface area contributed by atoms with Crippen LogP contribution < -0.4 is 5.43 Å². The number of carbonyl (C=O) groups excluding carboxylic acids is 1. The summed E-state index contributed by atoms with van der Waals surface area (Å²) in [6, 6.07) is 0. The minimum atomic E-state index is -0.461. The van der Waals surface area contributed by atoms with Crippen molar-refractivity contribution >= 4 is 11.8 Å². The fraction of sp³-hybridized carbons (Fsp3) is 0.750. The molecule has 0 spiro atoms. The molecule has 1 N–H and O–H groups in total. The largest absolute Gasteiger partial charge is 0.449 e. The molecule has 0 bridgehead atoms. The van der Waals surface area contributed by atoms with Crippen molar-refractivity contribution in [1.82, 2.24) is 5.43 Å². The van der Waals surface area contributed by atoms with Gasteiger partial charge in [0.1, 0.15) is 0 Å². The first kappa shape index (κ1) is 9.03. The van der Waals surface area contributed by atoms with Gasteiger partial charge in [0.05, 0.1) is 6.61 Å². The number of hydrazone groups is 1. The molecule has 0 radical (unpaired) electrons. The maximum Gasteiger partial charge on any atom is 0.427 e. The minimum Gasteiger partial charge on any atom is -0.449 e. The van der Waals surface area contributed by atoms with E-state index in [-0.39, 0.29) is 0 Å². The van der Waals surface area contributed by atoms with Gasteiger partial charge in [0.25, 0.3) is 0 Å². The van der Waals surface area contributed by atoms with Gasteiger partial charge in [0, 0.05) is 5.71 Å². The summed E-state index contributed by atoms with van der Waals surface area (Å²) in [5.41, 5.74) is 3.42. The quantitative estimate of drug-likeness (QED) is 0.641. The Bertz CT molecular complexity index is 181. The van der Waals surface area contributed by atoms with Crippen molar-refractivity contribution in [2.45, 2.75) is 32.6 Å². The van der Waals surface area contributed by atoms with E-state index in [1.54, 1.807) is 6.92 Å². The first-order chi connectivity index (χ1) is 5.83. The molecule has 0 atom stereocenters. The van der Waals surface area contributed by atoms with Gasteiger partial charge in [-0.2, -0.15) is 5.10 Å². The Balaban J connectivity index is 2.22. The Morgan fingerprint density at radius 3 is 2.83 bits per heavy atom. The summed E-state index contributed by atoms with van der Waals surface area (Å²) >= 11 is 0. The first-order valence-electron chi connectivity index (χ1n) is 4.31. The van der Waals surface area contributed by atoms with Crippen LogP contribution >= 0.6 is 0 Å². The molecule has 0 aliphatic heterocycles. The van der Waals surface area contributed by atoms with E-state index in [1.807, 2.05) is 0 Å². The molecular weight excluding hydrogens is 156 g/mol. The summed E-state index contributed by atoms with van der Waals surface area (Å²) in [5, 5.41) is 3.93.